The normalized spacial score (nSPS) is 25.5. The molecule has 1 aliphatic rings. The van der Waals surface area contributed by atoms with E-state index in [0.29, 0.717) is 6.61 Å². The van der Waals surface area contributed by atoms with Gasteiger partial charge in [-0.2, -0.15) is 0 Å². The second-order valence-electron chi connectivity index (χ2n) is 5.99. The van der Waals surface area contributed by atoms with Gasteiger partial charge in [-0.15, -0.1) is 0 Å². The second kappa shape index (κ2) is 7.60. The van der Waals surface area contributed by atoms with E-state index in [0.717, 1.165) is 38.1 Å². The molecule has 1 saturated carbocycles. The monoisotopic (exact) mass is 289 g/mol. The molecule has 0 amide bonds. The summed E-state index contributed by atoms with van der Waals surface area (Å²) in [5.74, 6) is 0.682. The Morgan fingerprint density at radius 1 is 1.24 bits per heavy atom. The van der Waals surface area contributed by atoms with Crippen LogP contribution < -0.4 is 5.32 Å². The minimum absolute atomic E-state index is 0.0736. The highest BCUT2D eigenvalue weighted by Gasteiger charge is 2.42. The molecule has 1 N–H and O–H groups in total. The average molecular weight is 289 g/mol. The van der Waals surface area contributed by atoms with Gasteiger partial charge < -0.3 is 4.74 Å². The Bertz CT molecular complexity index is 436. The Morgan fingerprint density at radius 2 is 1.90 bits per heavy atom. The molecule has 2 rings (SSSR count). The van der Waals surface area contributed by atoms with Gasteiger partial charge >= 0.3 is 5.97 Å². The van der Waals surface area contributed by atoms with Crippen LogP contribution in [0.15, 0.2) is 30.3 Å². The molecule has 1 aromatic rings. The minimum atomic E-state index is -0.489. The van der Waals surface area contributed by atoms with Crippen molar-refractivity contribution in [1.82, 2.24) is 5.32 Å². The molecule has 3 nitrogen and oxygen atoms in total. The second-order valence-corrected chi connectivity index (χ2v) is 5.99. The lowest BCUT2D eigenvalue weighted by Gasteiger charge is -2.38. The van der Waals surface area contributed by atoms with Crippen LogP contribution in [0, 0.1) is 5.92 Å². The molecule has 1 fully saturated rings. The number of carbonyl (C=O) groups excluding carboxylic acids is 1. The van der Waals surface area contributed by atoms with Crippen LogP contribution in [-0.4, -0.2) is 18.1 Å². The van der Waals surface area contributed by atoms with E-state index in [1.54, 1.807) is 0 Å². The van der Waals surface area contributed by atoms with Crippen LogP contribution in [0.5, 0.6) is 0 Å². The lowest BCUT2D eigenvalue weighted by molar-refractivity contribution is -0.153. The fourth-order valence-corrected chi connectivity index (χ4v) is 3.17. The zero-order chi connectivity index (χ0) is 15.1. The van der Waals surface area contributed by atoms with Crippen LogP contribution in [0.4, 0.5) is 0 Å². The molecule has 1 aliphatic carbocycles. The minimum Gasteiger partial charge on any atom is -0.465 e. The molecule has 0 radical (unpaired) electrons. The van der Waals surface area contributed by atoms with Crippen molar-refractivity contribution in [3.8, 4) is 0 Å². The number of ether oxygens (including phenoxy) is 1. The molecule has 0 aromatic heterocycles. The van der Waals surface area contributed by atoms with Gasteiger partial charge in [0, 0.05) is 6.54 Å². The lowest BCUT2D eigenvalue weighted by atomic mass is 9.75. The van der Waals surface area contributed by atoms with Gasteiger partial charge in [-0.3, -0.25) is 10.1 Å². The molecule has 3 heteroatoms. The Balaban J connectivity index is 2.04. The van der Waals surface area contributed by atoms with Gasteiger partial charge in [0.25, 0.3) is 0 Å². The van der Waals surface area contributed by atoms with E-state index in [1.165, 1.54) is 12.0 Å². The summed E-state index contributed by atoms with van der Waals surface area (Å²) in [6.45, 7) is 5.28. The molecule has 0 unspecified atom stereocenters. The fourth-order valence-electron chi connectivity index (χ4n) is 3.17. The van der Waals surface area contributed by atoms with Gasteiger partial charge in [-0.05, 0) is 44.1 Å². The van der Waals surface area contributed by atoms with Gasteiger partial charge in [-0.1, -0.05) is 43.7 Å². The summed E-state index contributed by atoms with van der Waals surface area (Å²) in [6.07, 6.45) is 5.19. The van der Waals surface area contributed by atoms with Crippen molar-refractivity contribution in [3.63, 3.8) is 0 Å². The van der Waals surface area contributed by atoms with Crippen LogP contribution in [0.1, 0.15) is 51.5 Å². The summed E-state index contributed by atoms with van der Waals surface area (Å²) in [7, 11) is 0. The van der Waals surface area contributed by atoms with Gasteiger partial charge in [0.1, 0.15) is 5.54 Å². The summed E-state index contributed by atoms with van der Waals surface area (Å²) in [4.78, 5) is 12.5. The third kappa shape index (κ3) is 4.07. The molecule has 0 spiro atoms. The van der Waals surface area contributed by atoms with Crippen LogP contribution in [0.25, 0.3) is 0 Å². The van der Waals surface area contributed by atoms with Crippen LogP contribution in [-0.2, 0) is 16.1 Å². The summed E-state index contributed by atoms with van der Waals surface area (Å²) in [5, 5.41) is 3.51. The maximum atomic E-state index is 12.5. The van der Waals surface area contributed by atoms with Crippen molar-refractivity contribution in [1.29, 1.82) is 0 Å². The maximum Gasteiger partial charge on any atom is 0.326 e. The first-order valence-corrected chi connectivity index (χ1v) is 8.16. The number of rotatable bonds is 6. The smallest absolute Gasteiger partial charge is 0.326 e. The average Bonchev–Trinajstić information content (AvgIpc) is 2.54. The third-order valence-electron chi connectivity index (χ3n) is 4.68. The predicted molar refractivity (Wildman–Crippen MR) is 84.9 cm³/mol. The van der Waals surface area contributed by atoms with Crippen molar-refractivity contribution >= 4 is 5.97 Å². The highest BCUT2D eigenvalue weighted by Crippen LogP contribution is 2.35. The molecule has 0 aliphatic heterocycles. The SMILES string of the molecule is CCOC(=O)C1(NCc2ccccc2)CCC(CC)CC1. The van der Waals surface area contributed by atoms with E-state index in [2.05, 4.69) is 24.4 Å². The maximum absolute atomic E-state index is 12.5. The van der Waals surface area contributed by atoms with Gasteiger partial charge in [0.15, 0.2) is 0 Å². The Labute approximate surface area is 128 Å². The number of benzene rings is 1. The molecule has 0 saturated heterocycles. The first kappa shape index (κ1) is 16.0. The van der Waals surface area contributed by atoms with Gasteiger partial charge in [-0.25, -0.2) is 0 Å². The summed E-state index contributed by atoms with van der Waals surface area (Å²) >= 11 is 0. The molecule has 116 valence electrons. The van der Waals surface area contributed by atoms with E-state index in [1.807, 2.05) is 25.1 Å². The van der Waals surface area contributed by atoms with Crippen LogP contribution >= 0.6 is 0 Å². The quantitative estimate of drug-likeness (QED) is 0.812. The van der Waals surface area contributed by atoms with E-state index < -0.39 is 5.54 Å². The van der Waals surface area contributed by atoms with Crippen molar-refractivity contribution in [2.24, 2.45) is 5.92 Å². The largest absolute Gasteiger partial charge is 0.465 e. The number of carbonyl (C=O) groups is 1. The molecule has 1 aromatic carbocycles. The van der Waals surface area contributed by atoms with E-state index >= 15 is 0 Å². The van der Waals surface area contributed by atoms with Crippen LogP contribution in [0.2, 0.25) is 0 Å². The first-order chi connectivity index (χ1) is 10.2. The molecule has 0 atom stereocenters. The van der Waals surface area contributed by atoms with Crippen molar-refractivity contribution in [2.75, 3.05) is 6.61 Å². The summed E-state index contributed by atoms with van der Waals surface area (Å²) in [6, 6.07) is 10.2. The third-order valence-corrected chi connectivity index (χ3v) is 4.68. The Kier molecular flexibility index (Phi) is 5.80. The standard InChI is InChI=1S/C18H27NO2/c1-3-15-10-12-18(13-11-15,17(20)21-4-2)19-14-16-8-6-5-7-9-16/h5-9,15,19H,3-4,10-14H2,1-2H3. The summed E-state index contributed by atoms with van der Waals surface area (Å²) in [5.41, 5.74) is 0.719. The van der Waals surface area contributed by atoms with Crippen molar-refractivity contribution in [2.45, 2.75) is 58.0 Å². The summed E-state index contributed by atoms with van der Waals surface area (Å²) < 4.78 is 5.34. The number of hydrogen-bond acceptors (Lipinski definition) is 3. The molecular formula is C18H27NO2. The topological polar surface area (TPSA) is 38.3 Å². The van der Waals surface area contributed by atoms with E-state index in [-0.39, 0.29) is 5.97 Å². The molecule has 21 heavy (non-hydrogen) atoms. The van der Waals surface area contributed by atoms with E-state index in [4.69, 9.17) is 4.74 Å². The number of hydrogen-bond donors (Lipinski definition) is 1. The number of nitrogens with one attached hydrogen (secondary N) is 1. The van der Waals surface area contributed by atoms with Crippen molar-refractivity contribution in [3.05, 3.63) is 35.9 Å². The molecular weight excluding hydrogens is 262 g/mol. The number of esters is 1. The predicted octanol–water partition coefficient (Wildman–Crippen LogP) is 3.68. The Morgan fingerprint density at radius 3 is 2.48 bits per heavy atom. The highest BCUT2D eigenvalue weighted by molar-refractivity contribution is 5.81. The van der Waals surface area contributed by atoms with Crippen LogP contribution in [0.3, 0.4) is 0 Å². The zero-order valence-electron chi connectivity index (χ0n) is 13.2. The van der Waals surface area contributed by atoms with E-state index in [9.17, 15) is 4.79 Å². The molecule has 0 heterocycles. The fraction of sp³-hybridized carbons (Fsp3) is 0.611. The van der Waals surface area contributed by atoms with Gasteiger partial charge in [0.05, 0.1) is 6.61 Å². The van der Waals surface area contributed by atoms with Gasteiger partial charge in [0.2, 0.25) is 0 Å². The lowest BCUT2D eigenvalue weighted by Crippen LogP contribution is -2.54. The highest BCUT2D eigenvalue weighted by atomic mass is 16.5. The zero-order valence-corrected chi connectivity index (χ0v) is 13.2. The molecule has 0 bridgehead atoms. The van der Waals surface area contributed by atoms with Crippen molar-refractivity contribution < 1.29 is 9.53 Å². The Hall–Kier alpha value is -1.35. The first-order valence-electron chi connectivity index (χ1n) is 8.16.